The monoisotopic (exact) mass is 664 g/mol. The maximum atomic E-state index is 14.3. The van der Waals surface area contributed by atoms with Crippen molar-refractivity contribution in [1.29, 1.82) is 0 Å². The van der Waals surface area contributed by atoms with Gasteiger partial charge in [0.05, 0.1) is 24.3 Å². The highest BCUT2D eigenvalue weighted by Crippen LogP contribution is 2.39. The first-order valence-electron chi connectivity index (χ1n) is 14.3. The second-order valence-corrected chi connectivity index (χ2v) is 11.5. The fourth-order valence-electron chi connectivity index (χ4n) is 6.02. The lowest BCUT2D eigenvalue weighted by atomic mass is 9.85. The molecule has 2 aliphatic rings. The van der Waals surface area contributed by atoms with Crippen LogP contribution in [0, 0.1) is 17.6 Å². The number of anilines is 1. The topological polar surface area (TPSA) is 82.2 Å². The molecule has 1 saturated carbocycles. The van der Waals surface area contributed by atoms with Crippen LogP contribution in [0.3, 0.4) is 0 Å². The van der Waals surface area contributed by atoms with Crippen molar-refractivity contribution in [2.45, 2.75) is 56.0 Å². The number of methoxy groups -OCH3 is 1. The Bertz CT molecular complexity index is 1430. The van der Waals surface area contributed by atoms with Crippen molar-refractivity contribution < 1.29 is 54.2 Å². The number of carbonyl (C=O) groups is 3. The number of likely N-dealkylation sites (tertiary alicyclic amines) is 1. The van der Waals surface area contributed by atoms with E-state index in [1.54, 1.807) is 0 Å². The van der Waals surface area contributed by atoms with E-state index < -0.39 is 70.8 Å². The van der Waals surface area contributed by atoms with E-state index in [4.69, 9.17) is 0 Å². The number of rotatable bonds is 5. The Balaban J connectivity index is 1.59. The minimum atomic E-state index is -5.13. The molecule has 1 saturated heterocycles. The molecule has 0 spiro atoms. The van der Waals surface area contributed by atoms with Gasteiger partial charge in [-0.05, 0) is 61.6 Å². The number of alkyl halides is 6. The maximum Gasteiger partial charge on any atom is 0.416 e. The van der Waals surface area contributed by atoms with E-state index in [1.807, 2.05) is 0 Å². The first-order valence-corrected chi connectivity index (χ1v) is 14.3. The van der Waals surface area contributed by atoms with Gasteiger partial charge in [0.15, 0.2) is 11.6 Å². The molecular weight excluding hydrogens is 632 g/mol. The van der Waals surface area contributed by atoms with E-state index in [0.29, 0.717) is 42.7 Å². The molecule has 46 heavy (non-hydrogen) atoms. The van der Waals surface area contributed by atoms with E-state index in [-0.39, 0.29) is 36.7 Å². The molecule has 4 rings (SSSR count). The average Bonchev–Trinajstić information content (AvgIpc) is 3.45. The summed E-state index contributed by atoms with van der Waals surface area (Å²) < 4.78 is 113. The summed E-state index contributed by atoms with van der Waals surface area (Å²) in [6.45, 7) is -0.104. The molecule has 8 nitrogen and oxygen atoms in total. The lowest BCUT2D eigenvalue weighted by Crippen LogP contribution is -2.48. The summed E-state index contributed by atoms with van der Waals surface area (Å²) >= 11 is 0. The highest BCUT2D eigenvalue weighted by molar-refractivity contribution is 5.92. The normalized spacial score (nSPS) is 21.9. The molecule has 2 aromatic carbocycles. The zero-order valence-corrected chi connectivity index (χ0v) is 25.0. The predicted molar refractivity (Wildman–Crippen MR) is 149 cm³/mol. The van der Waals surface area contributed by atoms with E-state index in [2.05, 4.69) is 10.1 Å². The number of nitrogens with zero attached hydrogens (tertiary/aromatic N) is 3. The average molecular weight is 665 g/mol. The van der Waals surface area contributed by atoms with Gasteiger partial charge in [0.1, 0.15) is 0 Å². The second-order valence-electron chi connectivity index (χ2n) is 11.5. The van der Waals surface area contributed by atoms with Gasteiger partial charge in [-0.15, -0.1) is 0 Å². The molecule has 1 N–H and O–H groups in total. The van der Waals surface area contributed by atoms with Crippen LogP contribution in [0.4, 0.5) is 50.4 Å². The number of ether oxygens (including phenoxy) is 1. The van der Waals surface area contributed by atoms with Gasteiger partial charge < -0.3 is 19.9 Å². The summed E-state index contributed by atoms with van der Waals surface area (Å²) in [7, 11) is 3.52. The number of amides is 4. The molecule has 1 aliphatic heterocycles. The van der Waals surface area contributed by atoms with Gasteiger partial charge in [-0.3, -0.25) is 9.69 Å². The van der Waals surface area contributed by atoms with E-state index in [1.165, 1.54) is 25.1 Å². The van der Waals surface area contributed by atoms with Crippen molar-refractivity contribution in [3.63, 3.8) is 0 Å². The summed E-state index contributed by atoms with van der Waals surface area (Å²) in [5, 5.41) is 2.69. The zero-order chi connectivity index (χ0) is 34.1. The molecule has 2 aromatic rings. The summed E-state index contributed by atoms with van der Waals surface area (Å²) in [6, 6.07) is 1.80. The van der Waals surface area contributed by atoms with Crippen LogP contribution in [-0.2, 0) is 21.9 Å². The van der Waals surface area contributed by atoms with Gasteiger partial charge in [-0.25, -0.2) is 18.4 Å². The van der Waals surface area contributed by atoms with Crippen molar-refractivity contribution in [1.82, 2.24) is 15.1 Å². The van der Waals surface area contributed by atoms with Crippen LogP contribution < -0.4 is 10.2 Å². The van der Waals surface area contributed by atoms with Gasteiger partial charge in [-0.1, -0.05) is 6.07 Å². The third-order valence-corrected chi connectivity index (χ3v) is 8.60. The van der Waals surface area contributed by atoms with Crippen LogP contribution in [0.1, 0.15) is 48.3 Å². The Hall–Kier alpha value is -4.11. The lowest BCUT2D eigenvalue weighted by Gasteiger charge is -2.33. The van der Waals surface area contributed by atoms with Gasteiger partial charge >= 0.3 is 24.5 Å². The largest absolute Gasteiger partial charge is 0.453 e. The maximum absolute atomic E-state index is 14.3. The number of urea groups is 1. The van der Waals surface area contributed by atoms with Crippen LogP contribution in [0.25, 0.3) is 0 Å². The highest BCUT2D eigenvalue weighted by atomic mass is 19.4. The number of hydrogen-bond acceptors (Lipinski definition) is 4. The van der Waals surface area contributed by atoms with E-state index >= 15 is 0 Å². The van der Waals surface area contributed by atoms with Crippen LogP contribution in [-0.4, -0.2) is 74.2 Å². The van der Waals surface area contributed by atoms with Gasteiger partial charge in [0.2, 0.25) is 5.91 Å². The Morgan fingerprint density at radius 1 is 0.848 bits per heavy atom. The minimum absolute atomic E-state index is 0.0158. The Morgan fingerprint density at radius 2 is 1.43 bits per heavy atom. The van der Waals surface area contributed by atoms with Crippen molar-refractivity contribution in [3.8, 4) is 0 Å². The molecule has 4 amide bonds. The molecule has 252 valence electrons. The minimum Gasteiger partial charge on any atom is -0.453 e. The van der Waals surface area contributed by atoms with Gasteiger partial charge in [-0.2, -0.15) is 26.3 Å². The van der Waals surface area contributed by atoms with E-state index in [0.717, 1.165) is 24.1 Å². The molecule has 2 fully saturated rings. The Kier molecular flexibility index (Phi) is 10.1. The number of likely N-dealkylation sites (N-methyl/N-ethyl adjacent to an activating group) is 1. The van der Waals surface area contributed by atoms with Crippen LogP contribution in [0.2, 0.25) is 0 Å². The molecule has 0 radical (unpaired) electrons. The first kappa shape index (κ1) is 34.8. The smallest absolute Gasteiger partial charge is 0.416 e. The van der Waals surface area contributed by atoms with Crippen molar-refractivity contribution in [2.75, 3.05) is 39.2 Å². The molecule has 0 aromatic heterocycles. The number of benzene rings is 2. The number of alkyl carbamates (subject to hydrolysis) is 1. The Labute approximate surface area is 259 Å². The zero-order valence-electron chi connectivity index (χ0n) is 25.0. The van der Waals surface area contributed by atoms with Gasteiger partial charge in [0, 0.05) is 50.7 Å². The van der Waals surface area contributed by atoms with Gasteiger partial charge in [0.25, 0.3) is 0 Å². The lowest BCUT2D eigenvalue weighted by molar-refractivity contribution is -0.143. The van der Waals surface area contributed by atoms with Crippen molar-refractivity contribution >= 4 is 23.7 Å². The summed E-state index contributed by atoms with van der Waals surface area (Å²) in [6.07, 6.45) is -9.01. The quantitative estimate of drug-likeness (QED) is 0.376. The fraction of sp³-hybridized carbons (Fsp3) is 0.500. The van der Waals surface area contributed by atoms with E-state index in [9.17, 15) is 49.5 Å². The summed E-state index contributed by atoms with van der Waals surface area (Å²) in [5.41, 5.74) is -3.64. The van der Waals surface area contributed by atoms with Crippen LogP contribution >= 0.6 is 0 Å². The Morgan fingerprint density at radius 3 is 1.96 bits per heavy atom. The van der Waals surface area contributed by atoms with Crippen LogP contribution in [0.15, 0.2) is 36.4 Å². The van der Waals surface area contributed by atoms with Crippen LogP contribution in [0.5, 0.6) is 0 Å². The number of nitrogens with one attached hydrogen (secondary N) is 1. The molecule has 0 unspecified atom stereocenters. The third kappa shape index (κ3) is 7.64. The number of hydrogen-bond donors (Lipinski definition) is 1. The van der Waals surface area contributed by atoms with Crippen molar-refractivity contribution in [3.05, 3.63) is 64.7 Å². The number of halogens is 8. The summed E-state index contributed by atoms with van der Waals surface area (Å²) in [4.78, 5) is 41.9. The SMILES string of the molecule is COC(=O)NC1CCC(C(=O)N2C[C@@H](N(C)C(=O)N(C)c3cc(C(F)(F)F)cc(C(F)(F)F)c3)[C@H](c3ccc(F)c(F)c3)C2)CC1. The molecular formula is C30H32F8N4O4. The first-order chi connectivity index (χ1) is 21.4. The van der Waals surface area contributed by atoms with Crippen molar-refractivity contribution in [2.24, 2.45) is 5.92 Å². The molecule has 0 bridgehead atoms. The molecule has 16 heteroatoms. The molecule has 1 heterocycles. The molecule has 1 aliphatic carbocycles. The number of carbonyl (C=O) groups excluding carboxylic acids is 3. The summed E-state index contributed by atoms with van der Waals surface area (Å²) in [5.74, 6) is -3.78. The second kappa shape index (κ2) is 13.3. The fourth-order valence-corrected chi connectivity index (χ4v) is 6.02. The highest BCUT2D eigenvalue weighted by Gasteiger charge is 2.44. The third-order valence-electron chi connectivity index (χ3n) is 8.60. The molecule has 2 atom stereocenters. The predicted octanol–water partition coefficient (Wildman–Crippen LogP) is 6.40. The standard InChI is InChI=1S/C30H32F8N4O4/c1-40(21-12-18(29(33,34)35)11-19(13-21)30(36,37)38)28(45)41(2)25-15-42(14-22(25)17-6-9-23(31)24(32)10-17)26(43)16-4-7-20(8-5-16)39-27(44)46-3/h6,9-13,16,20,22,25H,4-5,7-8,14-15H2,1-3H3,(H,39,44)/t16?,20?,22-,25+/m0/s1.